The van der Waals surface area contributed by atoms with Crippen LogP contribution in [0.15, 0.2) is 12.4 Å². The molecule has 0 spiro atoms. The first-order valence-electron chi connectivity index (χ1n) is 7.75. The van der Waals surface area contributed by atoms with E-state index in [-0.39, 0.29) is 25.6 Å². The Bertz CT molecular complexity index is 460. The Labute approximate surface area is 125 Å². The van der Waals surface area contributed by atoms with Gasteiger partial charge in [0, 0.05) is 18.8 Å². The minimum absolute atomic E-state index is 0.0460. The van der Waals surface area contributed by atoms with E-state index in [2.05, 4.69) is 29.6 Å². The van der Waals surface area contributed by atoms with E-state index in [1.807, 2.05) is 6.20 Å². The molecule has 1 fully saturated rings. The number of carbonyl (C=O) groups excluding carboxylic acids is 1. The number of aliphatic hydroxyl groups excluding tert-OH is 1. The third-order valence-corrected chi connectivity index (χ3v) is 4.16. The van der Waals surface area contributed by atoms with Crippen LogP contribution in [0.1, 0.15) is 33.1 Å². The van der Waals surface area contributed by atoms with Crippen molar-refractivity contribution in [2.75, 3.05) is 18.5 Å². The maximum absolute atomic E-state index is 11.6. The monoisotopic (exact) mass is 294 g/mol. The second kappa shape index (κ2) is 7.45. The molecule has 3 atom stereocenters. The largest absolute Gasteiger partial charge is 0.395 e. The van der Waals surface area contributed by atoms with Crippen LogP contribution in [0.2, 0.25) is 0 Å². The van der Waals surface area contributed by atoms with Crippen molar-refractivity contribution >= 4 is 11.6 Å². The summed E-state index contributed by atoms with van der Waals surface area (Å²) in [5, 5.41) is 19.0. The second-order valence-corrected chi connectivity index (χ2v) is 6.15. The van der Waals surface area contributed by atoms with E-state index < -0.39 is 0 Å². The Balaban J connectivity index is 1.84. The van der Waals surface area contributed by atoms with Crippen molar-refractivity contribution in [3.8, 4) is 0 Å². The van der Waals surface area contributed by atoms with Gasteiger partial charge >= 0.3 is 0 Å². The first-order chi connectivity index (χ1) is 10.1. The molecule has 3 N–H and O–H groups in total. The summed E-state index contributed by atoms with van der Waals surface area (Å²) >= 11 is 0. The fraction of sp³-hybridized carbons (Fsp3) is 0.733. The SMILES string of the molecule is C[C@@H]1CC[C@@H](Nc2cnn(CC(=O)NCCO)c2)[C@H](C)C1. The van der Waals surface area contributed by atoms with Gasteiger partial charge in [-0.05, 0) is 31.1 Å². The molecule has 6 heteroatoms. The van der Waals surface area contributed by atoms with Crippen LogP contribution in [-0.4, -0.2) is 40.0 Å². The highest BCUT2D eigenvalue weighted by atomic mass is 16.3. The van der Waals surface area contributed by atoms with Gasteiger partial charge in [0.25, 0.3) is 0 Å². The average Bonchev–Trinajstić information content (AvgIpc) is 2.87. The van der Waals surface area contributed by atoms with Gasteiger partial charge in [0.1, 0.15) is 6.54 Å². The Morgan fingerprint density at radius 3 is 3.00 bits per heavy atom. The molecule has 1 amide bonds. The number of aliphatic hydroxyl groups is 1. The fourth-order valence-corrected chi connectivity index (χ4v) is 3.02. The van der Waals surface area contributed by atoms with E-state index in [1.165, 1.54) is 19.3 Å². The lowest BCUT2D eigenvalue weighted by Crippen LogP contribution is -2.32. The van der Waals surface area contributed by atoms with E-state index in [4.69, 9.17) is 5.11 Å². The fourth-order valence-electron chi connectivity index (χ4n) is 3.02. The first kappa shape index (κ1) is 15.8. The topological polar surface area (TPSA) is 79.2 Å². The van der Waals surface area contributed by atoms with Crippen LogP contribution in [0.25, 0.3) is 0 Å². The molecule has 1 heterocycles. The van der Waals surface area contributed by atoms with E-state index in [0.29, 0.717) is 12.0 Å². The number of hydrogen-bond acceptors (Lipinski definition) is 4. The maximum Gasteiger partial charge on any atom is 0.241 e. The van der Waals surface area contributed by atoms with E-state index in [1.54, 1.807) is 10.9 Å². The van der Waals surface area contributed by atoms with Crippen LogP contribution in [0, 0.1) is 11.8 Å². The number of nitrogens with zero attached hydrogens (tertiary/aromatic N) is 2. The molecule has 118 valence electrons. The number of aromatic nitrogens is 2. The molecule has 1 saturated carbocycles. The molecule has 1 aromatic rings. The second-order valence-electron chi connectivity index (χ2n) is 6.15. The molecular formula is C15H26N4O2. The van der Waals surface area contributed by atoms with Crippen molar-refractivity contribution in [1.29, 1.82) is 0 Å². The normalized spacial score (nSPS) is 25.6. The summed E-state index contributed by atoms with van der Waals surface area (Å²) in [6.07, 6.45) is 7.34. The van der Waals surface area contributed by atoms with Gasteiger partial charge in [-0.15, -0.1) is 0 Å². The van der Waals surface area contributed by atoms with Crippen molar-refractivity contribution in [3.63, 3.8) is 0 Å². The summed E-state index contributed by atoms with van der Waals surface area (Å²) in [5.41, 5.74) is 0.969. The molecule has 0 aromatic carbocycles. The number of amides is 1. The molecule has 1 aromatic heterocycles. The predicted octanol–water partition coefficient (Wildman–Crippen LogP) is 1.23. The predicted molar refractivity (Wildman–Crippen MR) is 81.9 cm³/mol. The summed E-state index contributed by atoms with van der Waals surface area (Å²) < 4.78 is 1.62. The lowest BCUT2D eigenvalue weighted by Gasteiger charge is -2.33. The van der Waals surface area contributed by atoms with Crippen molar-refractivity contribution in [3.05, 3.63) is 12.4 Å². The quantitative estimate of drug-likeness (QED) is 0.737. The van der Waals surface area contributed by atoms with Gasteiger partial charge in [-0.25, -0.2) is 0 Å². The summed E-state index contributed by atoms with van der Waals surface area (Å²) in [6.45, 7) is 5.02. The summed E-state index contributed by atoms with van der Waals surface area (Å²) in [4.78, 5) is 11.6. The van der Waals surface area contributed by atoms with E-state index >= 15 is 0 Å². The van der Waals surface area contributed by atoms with E-state index in [0.717, 1.165) is 11.6 Å². The van der Waals surface area contributed by atoms with Crippen molar-refractivity contribution in [2.45, 2.75) is 45.7 Å². The minimum Gasteiger partial charge on any atom is -0.395 e. The Hall–Kier alpha value is -1.56. The molecule has 1 aliphatic carbocycles. The lowest BCUT2D eigenvalue weighted by molar-refractivity contribution is -0.122. The molecule has 6 nitrogen and oxygen atoms in total. The van der Waals surface area contributed by atoms with E-state index in [9.17, 15) is 4.79 Å². The van der Waals surface area contributed by atoms with Gasteiger partial charge in [0.05, 0.1) is 18.5 Å². The van der Waals surface area contributed by atoms with Crippen molar-refractivity contribution in [2.24, 2.45) is 11.8 Å². The number of rotatable bonds is 6. The molecule has 1 aliphatic rings. The number of nitrogens with one attached hydrogen (secondary N) is 2. The molecule has 0 aliphatic heterocycles. The molecule has 0 radical (unpaired) electrons. The lowest BCUT2D eigenvalue weighted by atomic mass is 9.80. The van der Waals surface area contributed by atoms with Crippen LogP contribution >= 0.6 is 0 Å². The molecule has 0 saturated heterocycles. The smallest absolute Gasteiger partial charge is 0.241 e. The number of anilines is 1. The standard InChI is InChI=1S/C15H26N4O2/c1-11-3-4-14(12(2)7-11)18-13-8-17-19(9-13)10-15(21)16-5-6-20/h8-9,11-12,14,18,20H,3-7,10H2,1-2H3,(H,16,21)/t11-,12-,14-/m1/s1. The zero-order valence-electron chi connectivity index (χ0n) is 12.9. The average molecular weight is 294 g/mol. The van der Waals surface area contributed by atoms with Crippen LogP contribution in [0.4, 0.5) is 5.69 Å². The zero-order valence-corrected chi connectivity index (χ0v) is 12.9. The molecule has 2 rings (SSSR count). The third-order valence-electron chi connectivity index (χ3n) is 4.16. The zero-order chi connectivity index (χ0) is 15.2. The minimum atomic E-state index is -0.140. The van der Waals surface area contributed by atoms with Gasteiger partial charge in [-0.1, -0.05) is 13.8 Å². The van der Waals surface area contributed by atoms with Crippen LogP contribution in [0.5, 0.6) is 0 Å². The van der Waals surface area contributed by atoms with Crippen LogP contribution in [-0.2, 0) is 11.3 Å². The van der Waals surface area contributed by atoms with Gasteiger partial charge in [0.2, 0.25) is 5.91 Å². The molecule has 0 bridgehead atoms. The maximum atomic E-state index is 11.6. The third kappa shape index (κ3) is 4.74. The molecule has 21 heavy (non-hydrogen) atoms. The number of carbonyl (C=O) groups is 1. The van der Waals surface area contributed by atoms with Crippen molar-refractivity contribution in [1.82, 2.24) is 15.1 Å². The Kier molecular flexibility index (Phi) is 5.61. The molecular weight excluding hydrogens is 268 g/mol. The highest BCUT2D eigenvalue weighted by molar-refractivity contribution is 5.75. The van der Waals surface area contributed by atoms with Gasteiger partial charge in [-0.2, -0.15) is 5.10 Å². The van der Waals surface area contributed by atoms with Crippen molar-refractivity contribution < 1.29 is 9.90 Å². The number of hydrogen-bond donors (Lipinski definition) is 3. The summed E-state index contributed by atoms with van der Waals surface area (Å²) in [7, 11) is 0. The van der Waals surface area contributed by atoms with Gasteiger partial charge in [0.15, 0.2) is 0 Å². The highest BCUT2D eigenvalue weighted by Crippen LogP contribution is 2.30. The summed E-state index contributed by atoms with van der Waals surface area (Å²) in [6, 6.07) is 0.488. The summed E-state index contributed by atoms with van der Waals surface area (Å²) in [5.74, 6) is 1.33. The first-order valence-corrected chi connectivity index (χ1v) is 7.75. The van der Waals surface area contributed by atoms with Gasteiger partial charge < -0.3 is 15.7 Å². The highest BCUT2D eigenvalue weighted by Gasteiger charge is 2.25. The van der Waals surface area contributed by atoms with Crippen LogP contribution < -0.4 is 10.6 Å². The Morgan fingerprint density at radius 1 is 1.48 bits per heavy atom. The van der Waals surface area contributed by atoms with Crippen LogP contribution in [0.3, 0.4) is 0 Å². The Morgan fingerprint density at radius 2 is 2.29 bits per heavy atom. The molecule has 0 unspecified atom stereocenters. The van der Waals surface area contributed by atoms with Gasteiger partial charge in [-0.3, -0.25) is 9.48 Å².